The molecule has 0 bridgehead atoms. The highest BCUT2D eigenvalue weighted by atomic mass is 16.7. The fourth-order valence-corrected chi connectivity index (χ4v) is 5.30. The van der Waals surface area contributed by atoms with Crippen LogP contribution in [0.2, 0.25) is 0 Å². The van der Waals surface area contributed by atoms with Crippen LogP contribution in [0.15, 0.2) is 65.8 Å². The number of urea groups is 1. The van der Waals surface area contributed by atoms with E-state index < -0.39 is 5.79 Å². The molecule has 8 heteroatoms. The highest BCUT2D eigenvalue weighted by molar-refractivity contribution is 6.08. The van der Waals surface area contributed by atoms with Crippen molar-refractivity contribution in [3.63, 3.8) is 0 Å². The maximum atomic E-state index is 13.4. The lowest BCUT2D eigenvalue weighted by molar-refractivity contribution is -0.0439. The third-order valence-corrected chi connectivity index (χ3v) is 6.90. The summed E-state index contributed by atoms with van der Waals surface area (Å²) in [5, 5.41) is 9.31. The zero-order chi connectivity index (χ0) is 26.7. The summed E-state index contributed by atoms with van der Waals surface area (Å²) in [6, 6.07) is 19.3. The molecule has 0 spiro atoms. The Morgan fingerprint density at radius 3 is 2.55 bits per heavy atom. The van der Waals surface area contributed by atoms with E-state index in [0.717, 1.165) is 34.6 Å². The molecule has 0 aromatic heterocycles. The zero-order valence-corrected chi connectivity index (χ0v) is 22.2. The molecule has 3 aromatic rings. The van der Waals surface area contributed by atoms with Gasteiger partial charge in [-0.05, 0) is 49.7 Å². The lowest BCUT2D eigenvalue weighted by Crippen LogP contribution is -2.30. The first-order valence-corrected chi connectivity index (χ1v) is 12.8. The van der Waals surface area contributed by atoms with Gasteiger partial charge in [-0.2, -0.15) is 5.10 Å². The van der Waals surface area contributed by atoms with Crippen molar-refractivity contribution in [1.82, 2.24) is 5.01 Å². The molecule has 1 N–H and O–H groups in total. The molecular weight excluding hydrogens is 482 g/mol. The van der Waals surface area contributed by atoms with Gasteiger partial charge in [-0.15, -0.1) is 0 Å². The summed E-state index contributed by atoms with van der Waals surface area (Å²) in [4.78, 5) is 13.4. The van der Waals surface area contributed by atoms with Crippen LogP contribution in [0, 0.1) is 0 Å². The molecule has 3 aliphatic rings. The Bertz CT molecular complexity index is 1450. The van der Waals surface area contributed by atoms with Crippen molar-refractivity contribution in [2.75, 3.05) is 19.0 Å². The number of hydrazone groups is 1. The van der Waals surface area contributed by atoms with Gasteiger partial charge in [-0.1, -0.05) is 30.3 Å². The Balaban J connectivity index is 1.32. The number of carbonyl (C=O) groups is 1. The van der Waals surface area contributed by atoms with E-state index in [0.29, 0.717) is 29.5 Å². The third kappa shape index (κ3) is 4.40. The van der Waals surface area contributed by atoms with Gasteiger partial charge in [0, 0.05) is 43.0 Å². The van der Waals surface area contributed by atoms with Crippen molar-refractivity contribution < 1.29 is 23.7 Å². The third-order valence-electron chi connectivity index (χ3n) is 6.90. The molecule has 0 saturated carbocycles. The summed E-state index contributed by atoms with van der Waals surface area (Å²) < 4.78 is 23.6. The topological polar surface area (TPSA) is 81.6 Å². The molecule has 1 unspecified atom stereocenters. The number of anilines is 1. The van der Waals surface area contributed by atoms with Crippen LogP contribution >= 0.6 is 0 Å². The normalized spacial score (nSPS) is 20.0. The zero-order valence-electron chi connectivity index (χ0n) is 22.2. The van der Waals surface area contributed by atoms with Crippen molar-refractivity contribution in [1.29, 1.82) is 0 Å². The molecule has 8 nitrogen and oxygen atoms in total. The van der Waals surface area contributed by atoms with Crippen LogP contribution < -0.4 is 24.3 Å². The van der Waals surface area contributed by atoms with Crippen LogP contribution in [-0.4, -0.2) is 41.8 Å². The van der Waals surface area contributed by atoms with Crippen molar-refractivity contribution in [3.8, 4) is 23.0 Å². The van der Waals surface area contributed by atoms with Gasteiger partial charge in [0.05, 0.1) is 19.4 Å². The minimum absolute atomic E-state index is 0.130. The Hall–Kier alpha value is -4.20. The molecule has 0 aliphatic carbocycles. The van der Waals surface area contributed by atoms with E-state index in [1.54, 1.807) is 7.11 Å². The van der Waals surface area contributed by atoms with Crippen molar-refractivity contribution in [2.45, 2.75) is 51.4 Å². The first kappa shape index (κ1) is 24.2. The summed E-state index contributed by atoms with van der Waals surface area (Å²) in [6.45, 7) is 8.21. The average Bonchev–Trinajstić information content (AvgIpc) is 3.54. The number of methoxy groups -OCH3 is 1. The van der Waals surface area contributed by atoms with E-state index in [1.165, 1.54) is 5.01 Å². The van der Waals surface area contributed by atoms with Crippen LogP contribution in [0.5, 0.6) is 23.0 Å². The van der Waals surface area contributed by atoms with Crippen molar-refractivity contribution in [2.24, 2.45) is 5.10 Å². The smallest absolute Gasteiger partial charge is 0.342 e. The first-order chi connectivity index (χ1) is 18.1. The number of nitrogens with zero attached hydrogens (tertiary/aromatic N) is 2. The highest BCUT2D eigenvalue weighted by Crippen LogP contribution is 2.47. The lowest BCUT2D eigenvalue weighted by Gasteiger charge is -2.16. The maximum absolute atomic E-state index is 13.4. The van der Waals surface area contributed by atoms with Crippen LogP contribution in [0.1, 0.15) is 50.3 Å². The van der Waals surface area contributed by atoms with Crippen LogP contribution in [0.25, 0.3) is 0 Å². The Kier molecular flexibility index (Phi) is 5.52. The molecule has 1 atom stereocenters. The number of rotatable bonds is 4. The molecule has 2 amide bonds. The standard InChI is InChI=1S/C30H31N3O5/c1-29(2)16-20-13-21(11-12-23(20)36-29)31-28(34)33-17-22(18-9-7-6-8-10-18)26(32-33)19-14-24(35-5)27-25(15-19)37-30(3,4)38-27/h6-15,22H,16-17H2,1-5H3,(H,31,34). The summed E-state index contributed by atoms with van der Waals surface area (Å²) in [7, 11) is 1.60. The van der Waals surface area contributed by atoms with Crippen LogP contribution in [0.3, 0.4) is 0 Å². The van der Waals surface area contributed by atoms with Gasteiger partial charge in [-0.3, -0.25) is 0 Å². The number of hydrogen-bond acceptors (Lipinski definition) is 6. The molecule has 3 aliphatic heterocycles. The monoisotopic (exact) mass is 513 g/mol. The Morgan fingerprint density at radius 2 is 1.79 bits per heavy atom. The fourth-order valence-electron chi connectivity index (χ4n) is 5.30. The molecule has 3 aromatic carbocycles. The number of benzene rings is 3. The minimum atomic E-state index is -0.799. The number of nitrogens with one attached hydrogen (secondary N) is 1. The average molecular weight is 514 g/mol. The second-order valence-electron chi connectivity index (χ2n) is 10.9. The summed E-state index contributed by atoms with van der Waals surface area (Å²) in [5.41, 5.74) is 4.17. The number of carbonyl (C=O) groups excluding carboxylic acids is 1. The van der Waals surface area contributed by atoms with E-state index in [-0.39, 0.29) is 17.6 Å². The quantitative estimate of drug-likeness (QED) is 0.466. The minimum Gasteiger partial charge on any atom is -0.493 e. The van der Waals surface area contributed by atoms with E-state index >= 15 is 0 Å². The van der Waals surface area contributed by atoms with E-state index in [1.807, 2.05) is 62.4 Å². The first-order valence-electron chi connectivity index (χ1n) is 12.8. The summed E-state index contributed by atoms with van der Waals surface area (Å²) in [5.74, 6) is 1.64. The number of fused-ring (bicyclic) bond motifs is 2. The molecule has 6 rings (SSSR count). The summed E-state index contributed by atoms with van der Waals surface area (Å²) in [6.07, 6.45) is 0.789. The van der Waals surface area contributed by atoms with Crippen LogP contribution in [0.4, 0.5) is 10.5 Å². The molecule has 0 radical (unpaired) electrons. The van der Waals surface area contributed by atoms with Gasteiger partial charge < -0.3 is 24.3 Å². The highest BCUT2D eigenvalue weighted by Gasteiger charge is 2.38. The van der Waals surface area contributed by atoms with E-state index in [9.17, 15) is 4.79 Å². The molecule has 0 fully saturated rings. The van der Waals surface area contributed by atoms with E-state index in [2.05, 4.69) is 31.3 Å². The molecular formula is C30H31N3O5. The molecule has 0 saturated heterocycles. The maximum Gasteiger partial charge on any atom is 0.342 e. The van der Waals surface area contributed by atoms with Crippen molar-refractivity contribution in [3.05, 3.63) is 77.4 Å². The van der Waals surface area contributed by atoms with Gasteiger partial charge in [0.1, 0.15) is 11.4 Å². The summed E-state index contributed by atoms with van der Waals surface area (Å²) >= 11 is 0. The molecule has 38 heavy (non-hydrogen) atoms. The van der Waals surface area contributed by atoms with Crippen LogP contribution in [-0.2, 0) is 6.42 Å². The SMILES string of the molecule is COc1cc(C2=NN(C(=O)Nc3ccc4c(c3)CC(C)(C)O4)CC2c2ccccc2)cc2c1OC(C)(C)O2. The van der Waals surface area contributed by atoms with Crippen molar-refractivity contribution >= 4 is 17.4 Å². The molecule has 196 valence electrons. The van der Waals surface area contributed by atoms with E-state index in [4.69, 9.17) is 24.0 Å². The number of ether oxygens (including phenoxy) is 4. The second-order valence-corrected chi connectivity index (χ2v) is 10.9. The molecule has 3 heterocycles. The second kappa shape index (κ2) is 8.68. The Morgan fingerprint density at radius 1 is 1.00 bits per heavy atom. The van der Waals surface area contributed by atoms with Gasteiger partial charge in [0.25, 0.3) is 0 Å². The van der Waals surface area contributed by atoms with Gasteiger partial charge in [0.2, 0.25) is 11.5 Å². The van der Waals surface area contributed by atoms with Gasteiger partial charge in [0.15, 0.2) is 11.5 Å². The Labute approximate surface area is 222 Å². The predicted molar refractivity (Wildman–Crippen MR) is 145 cm³/mol. The number of amides is 2. The largest absolute Gasteiger partial charge is 0.493 e. The predicted octanol–water partition coefficient (Wildman–Crippen LogP) is 5.95. The van der Waals surface area contributed by atoms with Gasteiger partial charge >= 0.3 is 6.03 Å². The lowest BCUT2D eigenvalue weighted by atomic mass is 9.90. The number of hydrogen-bond donors (Lipinski definition) is 1. The van der Waals surface area contributed by atoms with Gasteiger partial charge in [-0.25, -0.2) is 9.80 Å². The fraction of sp³-hybridized carbons (Fsp3) is 0.333.